The van der Waals surface area contributed by atoms with Gasteiger partial charge in [-0.15, -0.1) is 0 Å². The molecular formula is C20H25N2S+. The fraction of sp³-hybridized carbons (Fsp3) is 0.300. The Hall–Kier alpha value is -1.71. The van der Waals surface area contributed by atoms with Gasteiger partial charge >= 0.3 is 0 Å². The monoisotopic (exact) mass is 325 g/mol. The molecule has 23 heavy (non-hydrogen) atoms. The molecule has 3 rings (SSSR count). The van der Waals surface area contributed by atoms with E-state index < -0.39 is 0 Å². The second-order valence-corrected chi connectivity index (χ2v) is 7.77. The minimum atomic E-state index is 0.221. The van der Waals surface area contributed by atoms with E-state index in [9.17, 15) is 0 Å². The number of hydrogen-bond acceptors (Lipinski definition) is 1. The van der Waals surface area contributed by atoms with E-state index >= 15 is 0 Å². The molecule has 2 aromatic carbocycles. The van der Waals surface area contributed by atoms with Crippen LogP contribution in [0.3, 0.4) is 0 Å². The average molecular weight is 326 g/mol. The Kier molecular flexibility index (Phi) is 4.51. The molecule has 0 radical (unpaired) electrons. The lowest BCUT2D eigenvalue weighted by molar-refractivity contribution is -0.870. The Bertz CT molecular complexity index is 784. The summed E-state index contributed by atoms with van der Waals surface area (Å²) in [5.41, 5.74) is 4.94. The third kappa shape index (κ3) is 3.62. The molecule has 0 aliphatic carbocycles. The van der Waals surface area contributed by atoms with Gasteiger partial charge in [0, 0.05) is 22.6 Å². The van der Waals surface area contributed by atoms with Gasteiger partial charge in [0.1, 0.15) is 0 Å². The molecule has 1 unspecified atom stereocenters. The lowest BCUT2D eigenvalue weighted by Gasteiger charge is -2.25. The molecule has 3 aromatic rings. The number of rotatable bonds is 5. The number of thiol groups is 1. The molecule has 0 aliphatic rings. The van der Waals surface area contributed by atoms with Crippen LogP contribution >= 0.6 is 12.6 Å². The number of benzene rings is 2. The standard InChI is InChI=1S/C20H24N2S/c1-22(2,3)14-13-18(23)19-16-11-7-8-12-17(16)21-20(19)15-9-5-4-6-10-15/h4-12,18,21H,13-14H2,1-3H3/p+1. The summed E-state index contributed by atoms with van der Waals surface area (Å²) in [6.07, 6.45) is 1.05. The number of hydrogen-bond donors (Lipinski definition) is 2. The largest absolute Gasteiger partial charge is 0.354 e. The number of aromatic nitrogens is 1. The summed E-state index contributed by atoms with van der Waals surface area (Å²) in [6.45, 7) is 1.10. The number of fused-ring (bicyclic) bond motifs is 1. The second-order valence-electron chi connectivity index (χ2n) is 7.14. The van der Waals surface area contributed by atoms with Crippen molar-refractivity contribution in [2.75, 3.05) is 27.7 Å². The van der Waals surface area contributed by atoms with Gasteiger partial charge in [-0.25, -0.2) is 0 Å². The molecule has 1 atom stereocenters. The molecule has 0 bridgehead atoms. The molecule has 1 N–H and O–H groups in total. The maximum absolute atomic E-state index is 4.96. The molecule has 0 saturated heterocycles. The average Bonchev–Trinajstić information content (AvgIpc) is 2.92. The molecule has 0 amide bonds. The summed E-state index contributed by atoms with van der Waals surface area (Å²) in [5.74, 6) is 0. The van der Waals surface area contributed by atoms with Crippen molar-refractivity contribution in [2.45, 2.75) is 11.7 Å². The Morgan fingerprint density at radius 2 is 1.61 bits per heavy atom. The highest BCUT2D eigenvalue weighted by atomic mass is 32.1. The minimum absolute atomic E-state index is 0.221. The van der Waals surface area contributed by atoms with Crippen molar-refractivity contribution in [2.24, 2.45) is 0 Å². The predicted octanol–water partition coefficient (Wildman–Crippen LogP) is 4.90. The fourth-order valence-corrected chi connectivity index (χ4v) is 3.38. The maximum Gasteiger partial charge on any atom is 0.0794 e. The molecule has 0 aliphatic heterocycles. The fourth-order valence-electron chi connectivity index (χ4n) is 3.00. The van der Waals surface area contributed by atoms with Crippen LogP contribution in [0, 0.1) is 0 Å². The van der Waals surface area contributed by atoms with Crippen LogP contribution < -0.4 is 0 Å². The molecule has 120 valence electrons. The molecular weight excluding hydrogens is 300 g/mol. The first kappa shape index (κ1) is 16.2. The second kappa shape index (κ2) is 6.42. The highest BCUT2D eigenvalue weighted by Crippen LogP contribution is 2.38. The van der Waals surface area contributed by atoms with Crippen LogP contribution in [0.25, 0.3) is 22.2 Å². The van der Waals surface area contributed by atoms with Crippen molar-refractivity contribution in [3.05, 3.63) is 60.2 Å². The van der Waals surface area contributed by atoms with Crippen LogP contribution in [0.2, 0.25) is 0 Å². The summed E-state index contributed by atoms with van der Waals surface area (Å²) >= 11 is 4.96. The van der Waals surface area contributed by atoms with Crippen LogP contribution in [0.5, 0.6) is 0 Å². The summed E-state index contributed by atoms with van der Waals surface area (Å²) in [5, 5.41) is 1.51. The van der Waals surface area contributed by atoms with E-state index in [0.29, 0.717) is 0 Å². The highest BCUT2D eigenvalue weighted by molar-refractivity contribution is 7.80. The van der Waals surface area contributed by atoms with Gasteiger partial charge in [-0.3, -0.25) is 0 Å². The van der Waals surface area contributed by atoms with Crippen molar-refractivity contribution < 1.29 is 4.48 Å². The Labute approximate surface area is 144 Å². The van der Waals surface area contributed by atoms with Crippen LogP contribution in [-0.4, -0.2) is 37.2 Å². The van der Waals surface area contributed by atoms with Crippen molar-refractivity contribution in [1.29, 1.82) is 0 Å². The van der Waals surface area contributed by atoms with Crippen LogP contribution in [0.1, 0.15) is 17.2 Å². The molecule has 1 heterocycles. The van der Waals surface area contributed by atoms with E-state index in [2.05, 4.69) is 80.7 Å². The van der Waals surface area contributed by atoms with E-state index in [0.717, 1.165) is 17.4 Å². The Morgan fingerprint density at radius 3 is 2.30 bits per heavy atom. The lowest BCUT2D eigenvalue weighted by Crippen LogP contribution is -2.35. The summed E-state index contributed by atoms with van der Waals surface area (Å²) in [4.78, 5) is 3.60. The van der Waals surface area contributed by atoms with E-state index in [1.807, 2.05) is 0 Å². The number of para-hydroxylation sites is 1. The number of quaternary nitrogens is 1. The van der Waals surface area contributed by atoms with Crippen molar-refractivity contribution in [1.82, 2.24) is 4.98 Å². The number of nitrogens with zero attached hydrogens (tertiary/aromatic N) is 1. The van der Waals surface area contributed by atoms with Gasteiger partial charge in [-0.05, 0) is 17.2 Å². The molecule has 0 fully saturated rings. The smallest absolute Gasteiger partial charge is 0.0794 e. The normalized spacial score (nSPS) is 13.4. The minimum Gasteiger partial charge on any atom is -0.354 e. The third-order valence-corrected chi connectivity index (χ3v) is 4.73. The van der Waals surface area contributed by atoms with Crippen molar-refractivity contribution >= 4 is 23.5 Å². The van der Waals surface area contributed by atoms with Gasteiger partial charge in [-0.2, -0.15) is 12.6 Å². The van der Waals surface area contributed by atoms with Crippen LogP contribution in [0.15, 0.2) is 54.6 Å². The number of nitrogens with one attached hydrogen (secondary N) is 1. The van der Waals surface area contributed by atoms with E-state index in [1.54, 1.807) is 0 Å². The summed E-state index contributed by atoms with van der Waals surface area (Å²) in [6, 6.07) is 19.1. The first-order chi connectivity index (χ1) is 11.0. The van der Waals surface area contributed by atoms with Crippen molar-refractivity contribution in [3.63, 3.8) is 0 Å². The third-order valence-electron chi connectivity index (χ3n) is 4.22. The molecule has 3 heteroatoms. The topological polar surface area (TPSA) is 15.8 Å². The molecule has 0 spiro atoms. The SMILES string of the molecule is C[N+](C)(C)CCC(S)c1c(-c2ccccc2)[nH]c2ccccc12. The zero-order valence-corrected chi connectivity index (χ0v) is 15.0. The summed E-state index contributed by atoms with van der Waals surface area (Å²) < 4.78 is 0.958. The van der Waals surface area contributed by atoms with Gasteiger partial charge in [0.15, 0.2) is 0 Å². The van der Waals surface area contributed by atoms with Crippen LogP contribution in [0.4, 0.5) is 0 Å². The molecule has 1 aromatic heterocycles. The summed E-state index contributed by atoms with van der Waals surface area (Å²) in [7, 11) is 6.69. The number of H-pyrrole nitrogens is 1. The zero-order valence-electron chi connectivity index (χ0n) is 14.1. The van der Waals surface area contributed by atoms with Gasteiger partial charge in [0.05, 0.1) is 33.4 Å². The Morgan fingerprint density at radius 1 is 0.957 bits per heavy atom. The quantitative estimate of drug-likeness (QED) is 0.490. The highest BCUT2D eigenvalue weighted by Gasteiger charge is 2.21. The first-order valence-electron chi connectivity index (χ1n) is 8.10. The van der Waals surface area contributed by atoms with Gasteiger partial charge in [-0.1, -0.05) is 48.5 Å². The molecule has 0 saturated carbocycles. The van der Waals surface area contributed by atoms with Gasteiger partial charge < -0.3 is 9.47 Å². The van der Waals surface area contributed by atoms with Gasteiger partial charge in [0.25, 0.3) is 0 Å². The van der Waals surface area contributed by atoms with E-state index in [4.69, 9.17) is 12.6 Å². The predicted molar refractivity (Wildman–Crippen MR) is 103 cm³/mol. The Balaban J connectivity index is 2.06. The molecule has 2 nitrogen and oxygen atoms in total. The van der Waals surface area contributed by atoms with Crippen molar-refractivity contribution in [3.8, 4) is 11.3 Å². The van der Waals surface area contributed by atoms with E-state index in [-0.39, 0.29) is 5.25 Å². The van der Waals surface area contributed by atoms with Gasteiger partial charge in [0.2, 0.25) is 0 Å². The van der Waals surface area contributed by atoms with Crippen LogP contribution in [-0.2, 0) is 0 Å². The first-order valence-corrected chi connectivity index (χ1v) is 8.62. The lowest BCUT2D eigenvalue weighted by atomic mass is 10.0. The zero-order chi connectivity index (χ0) is 16.4. The van der Waals surface area contributed by atoms with E-state index in [1.165, 1.54) is 27.7 Å². The number of aromatic amines is 1. The maximum atomic E-state index is 4.96.